The summed E-state index contributed by atoms with van der Waals surface area (Å²) in [4.78, 5) is 43.2. The van der Waals surface area contributed by atoms with Crippen molar-refractivity contribution in [1.29, 1.82) is 0 Å². The lowest BCUT2D eigenvalue weighted by Crippen LogP contribution is -2.49. The van der Waals surface area contributed by atoms with Crippen LogP contribution in [0, 0.1) is 17.5 Å². The number of carbonyl (C=O) groups is 3. The predicted octanol–water partition coefficient (Wildman–Crippen LogP) is 6.66. The van der Waals surface area contributed by atoms with Crippen molar-refractivity contribution in [1.82, 2.24) is 15.6 Å². The van der Waals surface area contributed by atoms with Crippen LogP contribution in [0.25, 0.3) is 0 Å². The van der Waals surface area contributed by atoms with Crippen LogP contribution in [0.2, 0.25) is 0 Å². The van der Waals surface area contributed by atoms with Gasteiger partial charge >= 0.3 is 18.2 Å². The largest absolute Gasteiger partial charge is 0.464 e. The number of nitrogens with one attached hydrogen (secondary N) is 2. The molecule has 2 fully saturated rings. The van der Waals surface area contributed by atoms with Crippen LogP contribution < -0.4 is 10.6 Å². The molecule has 1 amide bonds. The van der Waals surface area contributed by atoms with E-state index in [9.17, 15) is 36.3 Å². The van der Waals surface area contributed by atoms with Crippen LogP contribution in [0.1, 0.15) is 73.1 Å². The summed E-state index contributed by atoms with van der Waals surface area (Å²) in [5, 5.41) is 5.84. The van der Waals surface area contributed by atoms with Crippen molar-refractivity contribution >= 4 is 17.8 Å². The number of halogens is 6. The number of hydrogen-bond donors (Lipinski definition) is 2. The van der Waals surface area contributed by atoms with Gasteiger partial charge in [0.05, 0.1) is 37.8 Å². The first-order valence-corrected chi connectivity index (χ1v) is 17.5. The average Bonchev–Trinajstić information content (AvgIpc) is 3.64. The molecule has 2 aromatic carbocycles. The summed E-state index contributed by atoms with van der Waals surface area (Å²) in [5.41, 5.74) is 1.42. The number of esters is 1. The molecule has 9 nitrogen and oxygen atoms in total. The average molecular weight is 750 g/mol. The molecular formula is C38H41F6N3O6. The molecule has 0 unspecified atom stereocenters. The van der Waals surface area contributed by atoms with Crippen molar-refractivity contribution in [2.24, 2.45) is 0 Å². The van der Waals surface area contributed by atoms with Crippen molar-refractivity contribution < 1.29 is 54.9 Å². The minimum absolute atomic E-state index is 0.0971. The fourth-order valence-electron chi connectivity index (χ4n) is 6.59. The van der Waals surface area contributed by atoms with E-state index in [0.29, 0.717) is 30.4 Å². The maximum absolute atomic E-state index is 15.3. The van der Waals surface area contributed by atoms with Crippen molar-refractivity contribution in [3.8, 4) is 0 Å². The number of nitrogens with zero attached hydrogens (tertiary/aromatic N) is 1. The molecule has 0 radical (unpaired) electrons. The Kier molecular flexibility index (Phi) is 13.9. The Morgan fingerprint density at radius 3 is 2.17 bits per heavy atom. The van der Waals surface area contributed by atoms with Crippen molar-refractivity contribution in [3.63, 3.8) is 0 Å². The molecule has 3 aromatic rings. The zero-order valence-electron chi connectivity index (χ0n) is 28.8. The molecule has 1 saturated heterocycles. The topological polar surface area (TPSA) is 116 Å². The highest BCUT2D eigenvalue weighted by atomic mass is 19.4. The molecule has 1 aliphatic carbocycles. The molecule has 53 heavy (non-hydrogen) atoms. The summed E-state index contributed by atoms with van der Waals surface area (Å²) in [7, 11) is 0. The Hall–Kier alpha value is -4.50. The fourth-order valence-corrected chi connectivity index (χ4v) is 6.59. The molecule has 1 aliphatic heterocycles. The Labute approximate surface area is 302 Å². The Balaban J connectivity index is 1.28. The Bertz CT molecular complexity index is 1630. The van der Waals surface area contributed by atoms with Gasteiger partial charge in [-0.15, -0.1) is 0 Å². The van der Waals surface area contributed by atoms with E-state index < -0.39 is 78.4 Å². The molecular weight excluding hydrogens is 708 g/mol. The van der Waals surface area contributed by atoms with Gasteiger partial charge in [-0.2, -0.15) is 13.2 Å². The first kappa shape index (κ1) is 39.7. The number of Topliss-reactive ketones (excluding diaryl/α,β-unsaturated/α-hetero) is 1. The lowest BCUT2D eigenvalue weighted by atomic mass is 9.81. The number of morpholine rings is 1. The molecule has 3 atom stereocenters. The molecule has 0 spiro atoms. The van der Waals surface area contributed by atoms with E-state index in [-0.39, 0.29) is 49.8 Å². The second-order valence-corrected chi connectivity index (χ2v) is 13.3. The first-order valence-electron chi connectivity index (χ1n) is 17.5. The second kappa shape index (κ2) is 18.5. The number of aromatic nitrogens is 1. The molecule has 5 rings (SSSR count). The predicted molar refractivity (Wildman–Crippen MR) is 179 cm³/mol. The molecule has 286 valence electrons. The zero-order valence-corrected chi connectivity index (χ0v) is 28.8. The van der Waals surface area contributed by atoms with Gasteiger partial charge in [0.2, 0.25) is 0 Å². The number of alkyl carbamates (subject to hydrolysis) is 1. The van der Waals surface area contributed by atoms with Crippen LogP contribution in [0.3, 0.4) is 0 Å². The normalized spacial score (nSPS) is 18.5. The number of ketones is 1. The third-order valence-electron chi connectivity index (χ3n) is 9.39. The zero-order chi connectivity index (χ0) is 38.0. The van der Waals surface area contributed by atoms with Crippen LogP contribution in [-0.2, 0) is 36.6 Å². The summed E-state index contributed by atoms with van der Waals surface area (Å²) < 4.78 is 96.8. The van der Waals surface area contributed by atoms with Crippen molar-refractivity contribution in [2.75, 3.05) is 19.8 Å². The highest BCUT2D eigenvalue weighted by Crippen LogP contribution is 2.31. The second-order valence-electron chi connectivity index (χ2n) is 13.3. The summed E-state index contributed by atoms with van der Waals surface area (Å²) in [6.45, 7) is 0.215. The molecule has 2 N–H and O–H groups in total. The summed E-state index contributed by atoms with van der Waals surface area (Å²) in [6.07, 6.45) is -2.36. The van der Waals surface area contributed by atoms with Crippen LogP contribution >= 0.6 is 0 Å². The third kappa shape index (κ3) is 12.0. The molecule has 15 heteroatoms. The van der Waals surface area contributed by atoms with E-state index in [1.165, 1.54) is 54.7 Å². The van der Waals surface area contributed by atoms with E-state index in [1.54, 1.807) is 0 Å². The summed E-state index contributed by atoms with van der Waals surface area (Å²) >= 11 is 0. The lowest BCUT2D eigenvalue weighted by Gasteiger charge is -2.30. The SMILES string of the molecule is O=C(CCC(F)(F)F)OC[C@@H]1CO[C@H](CCc2c(F)cncc2CC(=O)[C@@H](NC(=O)OC2CCCC2)C(c2ccc(F)cc2)c2ccc(F)cc2)CN1. The Morgan fingerprint density at radius 2 is 1.58 bits per heavy atom. The minimum atomic E-state index is -4.46. The highest BCUT2D eigenvalue weighted by Gasteiger charge is 2.35. The van der Waals surface area contributed by atoms with E-state index in [0.717, 1.165) is 19.0 Å². The van der Waals surface area contributed by atoms with Gasteiger partial charge in [-0.05, 0) is 85.0 Å². The number of hydrogen-bond acceptors (Lipinski definition) is 8. The van der Waals surface area contributed by atoms with Gasteiger partial charge in [0, 0.05) is 25.1 Å². The van der Waals surface area contributed by atoms with E-state index in [4.69, 9.17) is 14.2 Å². The maximum Gasteiger partial charge on any atom is 0.408 e. The van der Waals surface area contributed by atoms with E-state index in [2.05, 4.69) is 15.6 Å². The van der Waals surface area contributed by atoms with Gasteiger partial charge < -0.3 is 24.8 Å². The number of benzene rings is 2. The molecule has 0 bridgehead atoms. The molecule has 1 saturated carbocycles. The molecule has 1 aromatic heterocycles. The quantitative estimate of drug-likeness (QED) is 0.131. The van der Waals surface area contributed by atoms with Crippen LogP contribution in [0.5, 0.6) is 0 Å². The number of rotatable bonds is 15. The highest BCUT2D eigenvalue weighted by molar-refractivity contribution is 5.91. The smallest absolute Gasteiger partial charge is 0.408 e. The number of amides is 1. The van der Waals surface area contributed by atoms with Gasteiger partial charge in [-0.1, -0.05) is 24.3 Å². The van der Waals surface area contributed by atoms with Crippen molar-refractivity contribution in [2.45, 2.75) is 94.2 Å². The van der Waals surface area contributed by atoms with Gasteiger partial charge in [0.25, 0.3) is 0 Å². The monoisotopic (exact) mass is 749 g/mol. The van der Waals surface area contributed by atoms with Crippen LogP contribution in [-0.4, -0.2) is 73.1 Å². The third-order valence-corrected chi connectivity index (χ3v) is 9.39. The summed E-state index contributed by atoms with van der Waals surface area (Å²) in [5.74, 6) is -4.08. The van der Waals surface area contributed by atoms with Gasteiger partial charge in [0.15, 0.2) is 5.78 Å². The van der Waals surface area contributed by atoms with Crippen LogP contribution in [0.15, 0.2) is 60.9 Å². The maximum atomic E-state index is 15.3. The first-order chi connectivity index (χ1) is 25.3. The number of alkyl halides is 3. The fraction of sp³-hybridized carbons (Fsp3) is 0.474. The summed E-state index contributed by atoms with van der Waals surface area (Å²) in [6, 6.07) is 9.04. The standard InChI is InChI=1S/C38H41F6N3O6/c39-26-9-5-23(6-10-26)35(24-7-11-27(40)12-8-24)36(47-37(50)53-29-3-1-2-4-29)33(48)17-25-18-45-20-32(41)31(25)14-13-30-19-46-28(21-51-30)22-52-34(49)15-16-38(42,43)44/h5-12,18,20,28-30,35-36,46H,1-4,13-17,19,21-22H2,(H,47,50)/t28-,30+,36+/m0/s1. The van der Waals surface area contributed by atoms with Gasteiger partial charge in [0.1, 0.15) is 36.2 Å². The lowest BCUT2D eigenvalue weighted by molar-refractivity contribution is -0.158. The van der Waals surface area contributed by atoms with Crippen LogP contribution in [0.4, 0.5) is 31.1 Å². The number of ether oxygens (including phenoxy) is 3. The van der Waals surface area contributed by atoms with E-state index in [1.807, 2.05) is 0 Å². The van der Waals surface area contributed by atoms with Gasteiger partial charge in [-0.3, -0.25) is 14.6 Å². The molecule has 2 heterocycles. The molecule has 2 aliphatic rings. The minimum Gasteiger partial charge on any atom is -0.464 e. The van der Waals surface area contributed by atoms with E-state index >= 15 is 4.39 Å². The van der Waals surface area contributed by atoms with Gasteiger partial charge in [-0.25, -0.2) is 18.0 Å². The number of pyridine rings is 1. The Morgan fingerprint density at radius 1 is 0.943 bits per heavy atom. The van der Waals surface area contributed by atoms with Crippen molar-refractivity contribution in [3.05, 3.63) is 101 Å². The number of carbonyl (C=O) groups excluding carboxylic acids is 3.